The van der Waals surface area contributed by atoms with Crippen LogP contribution < -0.4 is 10.6 Å². The first-order valence-corrected chi connectivity index (χ1v) is 10.9. The molecule has 9 nitrogen and oxygen atoms in total. The SMILES string of the molecule is COC(=O)c1c(CNC(=O)Nc2ccc(-n3ncc4ccccc43)cc2)nn2c1CCCC2. The standard InChI is InChI=1S/C24H24N6O3/c1-33-23(31)22-19(28-29-13-5-4-8-21(22)29)15-25-24(32)27-17-9-11-18(12-10-17)30-20-7-3-2-6-16(20)14-26-30/h2-3,6-7,9-12,14H,4-5,8,13,15H2,1H3,(H2,25,27,32). The average Bonchev–Trinajstić information content (AvgIpc) is 3.44. The third kappa shape index (κ3) is 4.05. The van der Waals surface area contributed by atoms with Gasteiger partial charge in [-0.1, -0.05) is 18.2 Å². The lowest BCUT2D eigenvalue weighted by molar-refractivity contribution is 0.0597. The number of carbonyl (C=O) groups excluding carboxylic acids is 2. The third-order valence-electron chi connectivity index (χ3n) is 5.82. The normalized spacial score (nSPS) is 12.9. The van der Waals surface area contributed by atoms with Crippen molar-refractivity contribution in [1.29, 1.82) is 0 Å². The first-order chi connectivity index (χ1) is 16.1. The number of para-hydroxylation sites is 1. The van der Waals surface area contributed by atoms with E-state index >= 15 is 0 Å². The Morgan fingerprint density at radius 1 is 1.09 bits per heavy atom. The van der Waals surface area contributed by atoms with Crippen LogP contribution in [0.1, 0.15) is 34.6 Å². The molecule has 5 rings (SSSR count). The lowest BCUT2D eigenvalue weighted by atomic mass is 10.0. The molecule has 0 atom stereocenters. The smallest absolute Gasteiger partial charge is 0.341 e. The van der Waals surface area contributed by atoms with Gasteiger partial charge in [-0.2, -0.15) is 10.2 Å². The van der Waals surface area contributed by atoms with Gasteiger partial charge in [-0.15, -0.1) is 0 Å². The zero-order valence-electron chi connectivity index (χ0n) is 18.2. The molecule has 0 radical (unpaired) electrons. The summed E-state index contributed by atoms with van der Waals surface area (Å²) in [5, 5.41) is 15.6. The maximum Gasteiger partial charge on any atom is 0.341 e. The van der Waals surface area contributed by atoms with E-state index in [4.69, 9.17) is 4.74 Å². The molecule has 0 aliphatic carbocycles. The number of rotatable bonds is 5. The number of ether oxygens (including phenoxy) is 1. The molecule has 0 fully saturated rings. The second-order valence-corrected chi connectivity index (χ2v) is 7.91. The Labute approximate surface area is 190 Å². The molecule has 2 N–H and O–H groups in total. The summed E-state index contributed by atoms with van der Waals surface area (Å²) in [6.07, 6.45) is 4.63. The van der Waals surface area contributed by atoms with E-state index in [0.717, 1.165) is 48.1 Å². The molecule has 0 saturated carbocycles. The van der Waals surface area contributed by atoms with E-state index in [0.29, 0.717) is 16.9 Å². The van der Waals surface area contributed by atoms with Crippen molar-refractivity contribution >= 4 is 28.6 Å². The van der Waals surface area contributed by atoms with Crippen LogP contribution >= 0.6 is 0 Å². The molecule has 0 unspecified atom stereocenters. The van der Waals surface area contributed by atoms with Crippen molar-refractivity contribution in [1.82, 2.24) is 24.9 Å². The minimum Gasteiger partial charge on any atom is -0.465 e. The number of esters is 1. The van der Waals surface area contributed by atoms with Crippen LogP contribution in [-0.2, 0) is 24.2 Å². The molecular formula is C24H24N6O3. The zero-order valence-corrected chi connectivity index (χ0v) is 18.2. The van der Waals surface area contributed by atoms with E-state index < -0.39 is 5.97 Å². The van der Waals surface area contributed by atoms with Crippen molar-refractivity contribution in [2.45, 2.75) is 32.4 Å². The van der Waals surface area contributed by atoms with Crippen LogP contribution in [0.5, 0.6) is 0 Å². The Morgan fingerprint density at radius 2 is 1.91 bits per heavy atom. The Morgan fingerprint density at radius 3 is 2.73 bits per heavy atom. The number of aromatic nitrogens is 4. The van der Waals surface area contributed by atoms with Gasteiger partial charge >= 0.3 is 12.0 Å². The zero-order chi connectivity index (χ0) is 22.8. The number of benzene rings is 2. The molecule has 33 heavy (non-hydrogen) atoms. The van der Waals surface area contributed by atoms with Gasteiger partial charge in [0.05, 0.1) is 42.4 Å². The first-order valence-electron chi connectivity index (χ1n) is 10.9. The van der Waals surface area contributed by atoms with Crippen LogP contribution in [-0.4, -0.2) is 38.7 Å². The second-order valence-electron chi connectivity index (χ2n) is 7.91. The Bertz CT molecular complexity index is 1320. The van der Waals surface area contributed by atoms with Gasteiger partial charge in [0.1, 0.15) is 5.56 Å². The predicted molar refractivity (Wildman–Crippen MR) is 123 cm³/mol. The van der Waals surface area contributed by atoms with Crippen molar-refractivity contribution in [3.8, 4) is 5.69 Å². The van der Waals surface area contributed by atoms with Crippen LogP contribution in [0, 0.1) is 0 Å². The highest BCUT2D eigenvalue weighted by Gasteiger charge is 2.26. The van der Waals surface area contributed by atoms with Gasteiger partial charge in [-0.05, 0) is 49.6 Å². The van der Waals surface area contributed by atoms with Crippen molar-refractivity contribution < 1.29 is 14.3 Å². The fourth-order valence-corrected chi connectivity index (χ4v) is 4.21. The molecule has 2 aromatic carbocycles. The Kier molecular flexibility index (Phi) is 5.52. The quantitative estimate of drug-likeness (QED) is 0.457. The van der Waals surface area contributed by atoms with Crippen LogP contribution in [0.2, 0.25) is 0 Å². The van der Waals surface area contributed by atoms with Gasteiger partial charge in [-0.3, -0.25) is 4.68 Å². The van der Waals surface area contributed by atoms with E-state index in [1.165, 1.54) is 7.11 Å². The molecule has 1 aliphatic heterocycles. The number of nitrogens with zero attached hydrogens (tertiary/aromatic N) is 4. The number of aryl methyl sites for hydroxylation is 1. The summed E-state index contributed by atoms with van der Waals surface area (Å²) in [7, 11) is 1.36. The summed E-state index contributed by atoms with van der Waals surface area (Å²) < 4.78 is 8.65. The van der Waals surface area contributed by atoms with E-state index in [9.17, 15) is 9.59 Å². The lowest BCUT2D eigenvalue weighted by Gasteiger charge is -2.13. The minimum absolute atomic E-state index is 0.133. The number of carbonyl (C=O) groups is 2. The lowest BCUT2D eigenvalue weighted by Crippen LogP contribution is -2.29. The van der Waals surface area contributed by atoms with Gasteiger partial charge in [0.15, 0.2) is 0 Å². The van der Waals surface area contributed by atoms with Crippen LogP contribution in [0.4, 0.5) is 10.5 Å². The van der Waals surface area contributed by atoms with Crippen molar-refractivity contribution in [2.75, 3.05) is 12.4 Å². The van der Waals surface area contributed by atoms with Gasteiger partial charge in [0.2, 0.25) is 0 Å². The van der Waals surface area contributed by atoms with E-state index in [1.54, 1.807) is 0 Å². The molecular weight excluding hydrogens is 420 g/mol. The summed E-state index contributed by atoms with van der Waals surface area (Å²) in [5.41, 5.74) is 4.42. The fraction of sp³-hybridized carbons (Fsp3) is 0.250. The maximum atomic E-state index is 12.5. The van der Waals surface area contributed by atoms with Crippen LogP contribution in [0.15, 0.2) is 54.7 Å². The van der Waals surface area contributed by atoms with E-state index in [2.05, 4.69) is 20.8 Å². The summed E-state index contributed by atoms with van der Waals surface area (Å²) >= 11 is 0. The Hall–Kier alpha value is -4.14. The highest BCUT2D eigenvalue weighted by atomic mass is 16.5. The Balaban J connectivity index is 1.26. The number of amides is 2. The number of anilines is 1. The summed E-state index contributed by atoms with van der Waals surface area (Å²) in [4.78, 5) is 24.8. The number of methoxy groups -OCH3 is 1. The van der Waals surface area contributed by atoms with Crippen molar-refractivity contribution in [3.05, 3.63) is 71.7 Å². The van der Waals surface area contributed by atoms with Gasteiger partial charge in [-0.25, -0.2) is 14.3 Å². The topological polar surface area (TPSA) is 103 Å². The van der Waals surface area contributed by atoms with Gasteiger partial charge < -0.3 is 15.4 Å². The molecule has 1 aliphatic rings. The summed E-state index contributed by atoms with van der Waals surface area (Å²) in [5.74, 6) is -0.419. The molecule has 4 aromatic rings. The highest BCUT2D eigenvalue weighted by molar-refractivity contribution is 5.93. The van der Waals surface area contributed by atoms with Crippen LogP contribution in [0.25, 0.3) is 16.6 Å². The molecule has 2 aromatic heterocycles. The number of urea groups is 1. The molecule has 0 bridgehead atoms. The number of hydrogen-bond donors (Lipinski definition) is 2. The van der Waals surface area contributed by atoms with Crippen LogP contribution in [0.3, 0.4) is 0 Å². The minimum atomic E-state index is -0.419. The predicted octanol–water partition coefficient (Wildman–Crippen LogP) is 3.67. The monoisotopic (exact) mass is 444 g/mol. The molecule has 9 heteroatoms. The number of fused-ring (bicyclic) bond motifs is 2. The molecule has 2 amide bonds. The average molecular weight is 444 g/mol. The van der Waals surface area contributed by atoms with Crippen molar-refractivity contribution in [3.63, 3.8) is 0 Å². The first kappa shape index (κ1) is 20.7. The highest BCUT2D eigenvalue weighted by Crippen LogP contribution is 2.23. The summed E-state index contributed by atoms with van der Waals surface area (Å²) in [6, 6.07) is 15.0. The molecule has 3 heterocycles. The third-order valence-corrected chi connectivity index (χ3v) is 5.82. The van der Waals surface area contributed by atoms with E-state index in [-0.39, 0.29) is 12.6 Å². The summed E-state index contributed by atoms with van der Waals surface area (Å²) in [6.45, 7) is 0.900. The van der Waals surface area contributed by atoms with E-state index in [1.807, 2.05) is 64.1 Å². The van der Waals surface area contributed by atoms with Gasteiger partial charge in [0, 0.05) is 17.6 Å². The molecule has 0 saturated heterocycles. The largest absolute Gasteiger partial charge is 0.465 e. The number of nitrogens with one attached hydrogen (secondary N) is 2. The van der Waals surface area contributed by atoms with Gasteiger partial charge in [0.25, 0.3) is 0 Å². The number of hydrogen-bond acceptors (Lipinski definition) is 5. The fourth-order valence-electron chi connectivity index (χ4n) is 4.21. The maximum absolute atomic E-state index is 12.5. The van der Waals surface area contributed by atoms with Crippen molar-refractivity contribution in [2.24, 2.45) is 0 Å². The second kappa shape index (κ2) is 8.78. The molecule has 168 valence electrons. The molecule has 0 spiro atoms.